The number of tetrazole rings is 2. The molecule has 0 bridgehead atoms. The van der Waals surface area contributed by atoms with E-state index in [1.54, 1.807) is 4.68 Å². The van der Waals surface area contributed by atoms with Gasteiger partial charge >= 0.3 is 0 Å². The highest BCUT2D eigenvalue weighted by Gasteiger charge is 2.21. The first-order valence-electron chi connectivity index (χ1n) is 14.7. The molecular weight excluding hydrogens is 576 g/mol. The molecule has 0 radical (unpaired) electrons. The van der Waals surface area contributed by atoms with Gasteiger partial charge in [-0.2, -0.15) is 4.68 Å². The molecule has 4 aromatic heterocycles. The molecule has 11 nitrogen and oxygen atoms in total. The fraction of sp³-hybridized carbons (Fsp3) is 0.0571. The smallest absolute Gasteiger partial charge is 0.184 e. The first kappa shape index (κ1) is 27.1. The van der Waals surface area contributed by atoms with E-state index in [0.717, 1.165) is 55.5 Å². The van der Waals surface area contributed by atoms with Crippen molar-refractivity contribution < 1.29 is 4.74 Å². The number of hydrogen-bond donors (Lipinski definition) is 1. The minimum atomic E-state index is -0.177. The Labute approximate surface area is 262 Å². The molecule has 4 aromatic carbocycles. The van der Waals surface area contributed by atoms with E-state index >= 15 is 0 Å². The number of nitrogens with zero attached hydrogens (tertiary/aromatic N) is 9. The predicted octanol–water partition coefficient (Wildman–Crippen LogP) is 6.20. The number of hydrogen-bond acceptors (Lipinski definition) is 8. The minimum Gasteiger partial charge on any atom is -0.469 e. The van der Waals surface area contributed by atoms with E-state index in [1.807, 2.05) is 48.5 Å². The van der Waals surface area contributed by atoms with Crippen LogP contribution in [0.15, 0.2) is 122 Å². The number of para-hydroxylation sites is 2. The van der Waals surface area contributed by atoms with Crippen LogP contribution in [0.1, 0.15) is 28.4 Å². The summed E-state index contributed by atoms with van der Waals surface area (Å²) in [5, 5.41) is 27.9. The van der Waals surface area contributed by atoms with Gasteiger partial charge in [-0.1, -0.05) is 84.9 Å². The Morgan fingerprint density at radius 1 is 0.783 bits per heavy atom. The van der Waals surface area contributed by atoms with Crippen molar-refractivity contribution in [1.82, 2.24) is 50.4 Å². The minimum absolute atomic E-state index is 0.177. The lowest BCUT2D eigenvalue weighted by Crippen LogP contribution is -2.13. The third kappa shape index (κ3) is 5.37. The average Bonchev–Trinajstić information content (AvgIpc) is 3.91. The van der Waals surface area contributed by atoms with E-state index in [-0.39, 0.29) is 12.8 Å². The van der Waals surface area contributed by atoms with Crippen molar-refractivity contribution in [2.24, 2.45) is 0 Å². The maximum Gasteiger partial charge on any atom is 0.184 e. The van der Waals surface area contributed by atoms with Crippen molar-refractivity contribution in [1.29, 1.82) is 0 Å². The fourth-order valence-corrected chi connectivity index (χ4v) is 5.70. The van der Waals surface area contributed by atoms with Crippen LogP contribution >= 0.6 is 0 Å². The molecule has 46 heavy (non-hydrogen) atoms. The maximum absolute atomic E-state index is 6.25. The molecule has 8 rings (SSSR count). The summed E-state index contributed by atoms with van der Waals surface area (Å²) in [6.07, 6.45) is 7.79. The molecule has 222 valence electrons. The van der Waals surface area contributed by atoms with Gasteiger partial charge in [0.25, 0.3) is 0 Å². The van der Waals surface area contributed by atoms with Crippen molar-refractivity contribution in [3.8, 4) is 17.1 Å². The van der Waals surface area contributed by atoms with E-state index in [1.165, 1.54) is 6.33 Å². The summed E-state index contributed by atoms with van der Waals surface area (Å²) >= 11 is 0. The molecule has 0 saturated heterocycles. The van der Waals surface area contributed by atoms with Gasteiger partial charge in [0.15, 0.2) is 12.6 Å². The molecule has 0 aliphatic rings. The number of rotatable bonds is 9. The molecule has 1 unspecified atom stereocenters. The molecule has 1 atom stereocenters. The standard InChI is InChI=1S/C35H26N10O/c1-2-9-31-25(6-1)16-18-30(37-31)17-11-24-5-3-8-29(21-24)33(27-12-14-28(15-13-27)35-38-41-42-39-35)45-20-19-26-7-4-10-32(34(26)45)46-23-44-22-36-40-43-44/h1-22,33H,23H2,(H,38,39,41,42)/b17-11+. The summed E-state index contributed by atoms with van der Waals surface area (Å²) in [6.45, 7) is 0.185. The number of fused-ring (bicyclic) bond motifs is 2. The topological polar surface area (TPSA) is 125 Å². The molecule has 1 N–H and O–H groups in total. The molecule has 0 aliphatic carbocycles. The summed E-state index contributed by atoms with van der Waals surface area (Å²) < 4.78 is 10.0. The predicted molar refractivity (Wildman–Crippen MR) is 174 cm³/mol. The first-order valence-corrected chi connectivity index (χ1v) is 14.7. The fourth-order valence-electron chi connectivity index (χ4n) is 5.70. The van der Waals surface area contributed by atoms with Crippen LogP contribution in [0.4, 0.5) is 0 Å². The van der Waals surface area contributed by atoms with Crippen LogP contribution < -0.4 is 4.74 Å². The molecule has 11 heteroatoms. The maximum atomic E-state index is 6.25. The second kappa shape index (κ2) is 11.9. The zero-order valence-electron chi connectivity index (χ0n) is 24.4. The van der Waals surface area contributed by atoms with Crippen LogP contribution in [-0.4, -0.2) is 50.4 Å². The van der Waals surface area contributed by atoms with Crippen LogP contribution in [0, 0.1) is 0 Å². The van der Waals surface area contributed by atoms with Gasteiger partial charge in [0.1, 0.15) is 12.1 Å². The van der Waals surface area contributed by atoms with E-state index in [2.05, 4.69) is 120 Å². The van der Waals surface area contributed by atoms with E-state index in [4.69, 9.17) is 9.72 Å². The molecule has 4 heterocycles. The van der Waals surface area contributed by atoms with Crippen LogP contribution in [0.2, 0.25) is 0 Å². The second-order valence-electron chi connectivity index (χ2n) is 10.7. The van der Waals surface area contributed by atoms with Crippen molar-refractivity contribution in [2.45, 2.75) is 12.8 Å². The Kier molecular flexibility index (Phi) is 7.00. The lowest BCUT2D eigenvalue weighted by Gasteiger charge is -2.23. The van der Waals surface area contributed by atoms with Crippen molar-refractivity contribution >= 4 is 34.0 Å². The Hall–Kier alpha value is -6.49. The van der Waals surface area contributed by atoms with Gasteiger partial charge < -0.3 is 9.30 Å². The molecule has 0 saturated carbocycles. The summed E-state index contributed by atoms with van der Waals surface area (Å²) in [4.78, 5) is 4.81. The summed E-state index contributed by atoms with van der Waals surface area (Å²) in [6, 6.07) is 37.1. The third-order valence-electron chi connectivity index (χ3n) is 7.86. The number of ether oxygens (including phenoxy) is 1. The zero-order valence-corrected chi connectivity index (χ0v) is 24.4. The van der Waals surface area contributed by atoms with Crippen molar-refractivity contribution in [3.05, 3.63) is 144 Å². The highest BCUT2D eigenvalue weighted by Crippen LogP contribution is 2.36. The summed E-state index contributed by atoms with van der Waals surface area (Å²) in [7, 11) is 0. The molecule has 8 aromatic rings. The largest absolute Gasteiger partial charge is 0.469 e. The molecule has 0 fully saturated rings. The van der Waals surface area contributed by atoms with Gasteiger partial charge in [-0.15, -0.1) is 10.2 Å². The third-order valence-corrected chi connectivity index (χ3v) is 7.86. The number of aromatic nitrogens is 10. The average molecular weight is 603 g/mol. The zero-order chi connectivity index (χ0) is 30.7. The Balaban J connectivity index is 1.20. The normalized spacial score (nSPS) is 12.3. The first-order chi connectivity index (χ1) is 22.8. The number of benzene rings is 4. The monoisotopic (exact) mass is 602 g/mol. The van der Waals surface area contributed by atoms with Crippen LogP contribution in [0.5, 0.6) is 5.75 Å². The van der Waals surface area contributed by atoms with Gasteiger partial charge in [0.05, 0.1) is 22.8 Å². The number of H-pyrrole nitrogens is 1. The second-order valence-corrected chi connectivity index (χ2v) is 10.7. The van der Waals surface area contributed by atoms with Crippen molar-refractivity contribution in [2.75, 3.05) is 0 Å². The van der Waals surface area contributed by atoms with Gasteiger partial charge in [-0.3, -0.25) is 0 Å². The quantitative estimate of drug-likeness (QED) is 0.207. The van der Waals surface area contributed by atoms with Gasteiger partial charge in [0, 0.05) is 22.5 Å². The Morgan fingerprint density at radius 2 is 1.67 bits per heavy atom. The molecule has 0 spiro atoms. The number of nitrogens with one attached hydrogen (secondary N) is 1. The molecule has 0 aliphatic heterocycles. The number of pyridine rings is 1. The Morgan fingerprint density at radius 3 is 2.54 bits per heavy atom. The summed E-state index contributed by atoms with van der Waals surface area (Å²) in [5.74, 6) is 1.34. The van der Waals surface area contributed by atoms with E-state index < -0.39 is 0 Å². The van der Waals surface area contributed by atoms with Gasteiger partial charge in [0.2, 0.25) is 0 Å². The summed E-state index contributed by atoms with van der Waals surface area (Å²) in [5.41, 5.74) is 6.99. The lowest BCUT2D eigenvalue weighted by atomic mass is 9.95. The van der Waals surface area contributed by atoms with E-state index in [9.17, 15) is 0 Å². The van der Waals surface area contributed by atoms with Crippen LogP contribution in [0.3, 0.4) is 0 Å². The van der Waals surface area contributed by atoms with Gasteiger partial charge in [-0.05, 0) is 74.0 Å². The highest BCUT2D eigenvalue weighted by atomic mass is 16.5. The molecule has 0 amide bonds. The van der Waals surface area contributed by atoms with E-state index in [0.29, 0.717) is 5.82 Å². The molecular formula is C35H26N10O. The number of aromatic amines is 1. The van der Waals surface area contributed by atoms with Crippen molar-refractivity contribution in [3.63, 3.8) is 0 Å². The van der Waals surface area contributed by atoms with Gasteiger partial charge in [-0.25, -0.2) is 10.1 Å². The Bertz CT molecular complexity index is 2270. The van der Waals surface area contributed by atoms with Crippen LogP contribution in [-0.2, 0) is 6.73 Å². The highest BCUT2D eigenvalue weighted by molar-refractivity contribution is 5.86. The lowest BCUT2D eigenvalue weighted by molar-refractivity contribution is 0.220. The SMILES string of the molecule is C(=C\c1ccc2ccccc2n1)/c1cccc(C(c2ccc(-c3nnn[nH]3)cc2)n2ccc3cccc(OCn4cnnn4)c32)c1. The van der Waals surface area contributed by atoms with Crippen LogP contribution in [0.25, 0.3) is 45.3 Å².